The van der Waals surface area contributed by atoms with Crippen LogP contribution in [0.25, 0.3) is 0 Å². The zero-order valence-electron chi connectivity index (χ0n) is 9.07. The van der Waals surface area contributed by atoms with E-state index in [0.29, 0.717) is 19.6 Å². The Bertz CT molecular complexity index is 231. The summed E-state index contributed by atoms with van der Waals surface area (Å²) in [5.74, 6) is -1.05. The van der Waals surface area contributed by atoms with Crippen LogP contribution in [0.2, 0.25) is 0 Å². The molecule has 0 amide bonds. The van der Waals surface area contributed by atoms with Gasteiger partial charge in [-0.15, -0.1) is 6.58 Å². The predicted octanol–water partition coefficient (Wildman–Crippen LogP) is 1.04. The SMILES string of the molecule is C=CCCC1(C[C@H](O)C(C)=O)OCCO1. The molecule has 86 valence electrons. The minimum absolute atomic E-state index is 0.205. The van der Waals surface area contributed by atoms with Crippen molar-refractivity contribution in [3.05, 3.63) is 12.7 Å². The summed E-state index contributed by atoms with van der Waals surface area (Å²) in [6, 6.07) is 0. The summed E-state index contributed by atoms with van der Waals surface area (Å²) in [6.45, 7) is 6.02. The lowest BCUT2D eigenvalue weighted by atomic mass is 10.0. The minimum Gasteiger partial charge on any atom is -0.385 e. The summed E-state index contributed by atoms with van der Waals surface area (Å²) in [4.78, 5) is 11.0. The average Bonchev–Trinajstić information content (AvgIpc) is 2.64. The van der Waals surface area contributed by atoms with Gasteiger partial charge in [-0.05, 0) is 13.3 Å². The maximum atomic E-state index is 11.0. The summed E-state index contributed by atoms with van der Waals surface area (Å²) in [6.07, 6.45) is 2.34. The molecular weight excluding hydrogens is 196 g/mol. The number of hydrogen-bond donors (Lipinski definition) is 1. The third-order valence-corrected chi connectivity index (χ3v) is 2.52. The smallest absolute Gasteiger partial charge is 0.171 e. The quantitative estimate of drug-likeness (QED) is 0.671. The molecule has 0 aliphatic carbocycles. The first-order chi connectivity index (χ1) is 7.09. The molecule has 1 heterocycles. The summed E-state index contributed by atoms with van der Waals surface area (Å²) >= 11 is 0. The zero-order valence-corrected chi connectivity index (χ0v) is 9.07. The lowest BCUT2D eigenvalue weighted by Crippen LogP contribution is -2.37. The Morgan fingerprint density at radius 1 is 1.60 bits per heavy atom. The highest BCUT2D eigenvalue weighted by Crippen LogP contribution is 2.30. The fourth-order valence-electron chi connectivity index (χ4n) is 1.62. The molecule has 1 aliphatic rings. The number of aliphatic hydroxyl groups is 1. The second kappa shape index (κ2) is 5.39. The Balaban J connectivity index is 2.56. The number of ketones is 1. The minimum atomic E-state index is -1.01. The van der Waals surface area contributed by atoms with Crippen LogP contribution in [0.15, 0.2) is 12.7 Å². The summed E-state index contributed by atoms with van der Waals surface area (Å²) in [5.41, 5.74) is 0. The van der Waals surface area contributed by atoms with Gasteiger partial charge in [0.15, 0.2) is 11.6 Å². The van der Waals surface area contributed by atoms with Crippen LogP contribution in [0.4, 0.5) is 0 Å². The normalized spacial score (nSPS) is 21.2. The van der Waals surface area contributed by atoms with Gasteiger partial charge in [0.25, 0.3) is 0 Å². The summed E-state index contributed by atoms with van der Waals surface area (Å²) < 4.78 is 11.0. The largest absolute Gasteiger partial charge is 0.385 e. The molecule has 0 spiro atoms. The van der Waals surface area contributed by atoms with Crippen LogP contribution in [-0.4, -0.2) is 36.0 Å². The van der Waals surface area contributed by atoms with Crippen molar-refractivity contribution in [1.82, 2.24) is 0 Å². The van der Waals surface area contributed by atoms with E-state index in [-0.39, 0.29) is 12.2 Å². The first-order valence-corrected chi connectivity index (χ1v) is 5.17. The van der Waals surface area contributed by atoms with Gasteiger partial charge in [0, 0.05) is 12.8 Å². The number of carbonyl (C=O) groups excluding carboxylic acids is 1. The Hall–Kier alpha value is -0.710. The van der Waals surface area contributed by atoms with Gasteiger partial charge >= 0.3 is 0 Å². The molecule has 1 atom stereocenters. The fourth-order valence-corrected chi connectivity index (χ4v) is 1.62. The highest BCUT2D eigenvalue weighted by molar-refractivity contribution is 5.80. The Kier molecular flexibility index (Phi) is 4.45. The molecule has 0 saturated carbocycles. The lowest BCUT2D eigenvalue weighted by Gasteiger charge is -2.28. The van der Waals surface area contributed by atoms with Crippen molar-refractivity contribution in [1.29, 1.82) is 0 Å². The zero-order chi connectivity index (χ0) is 11.3. The lowest BCUT2D eigenvalue weighted by molar-refractivity contribution is -0.182. The van der Waals surface area contributed by atoms with Crippen molar-refractivity contribution in [2.45, 2.75) is 38.1 Å². The second-order valence-corrected chi connectivity index (χ2v) is 3.77. The molecule has 0 bridgehead atoms. The molecule has 1 N–H and O–H groups in total. The van der Waals surface area contributed by atoms with Crippen LogP contribution in [0.5, 0.6) is 0 Å². The van der Waals surface area contributed by atoms with Gasteiger partial charge < -0.3 is 14.6 Å². The van der Waals surface area contributed by atoms with E-state index in [1.807, 2.05) is 0 Å². The van der Waals surface area contributed by atoms with Crippen LogP contribution < -0.4 is 0 Å². The van der Waals surface area contributed by atoms with Crippen molar-refractivity contribution in [3.8, 4) is 0 Å². The van der Waals surface area contributed by atoms with E-state index < -0.39 is 11.9 Å². The molecule has 4 nitrogen and oxygen atoms in total. The van der Waals surface area contributed by atoms with Crippen LogP contribution in [0, 0.1) is 0 Å². The van der Waals surface area contributed by atoms with Crippen molar-refractivity contribution in [3.63, 3.8) is 0 Å². The molecule has 0 aromatic heterocycles. The van der Waals surface area contributed by atoms with E-state index in [2.05, 4.69) is 6.58 Å². The molecule has 0 radical (unpaired) electrons. The first-order valence-electron chi connectivity index (χ1n) is 5.17. The topological polar surface area (TPSA) is 55.8 Å². The van der Waals surface area contributed by atoms with Crippen molar-refractivity contribution >= 4 is 5.78 Å². The van der Waals surface area contributed by atoms with Crippen LogP contribution >= 0.6 is 0 Å². The number of rotatable bonds is 6. The van der Waals surface area contributed by atoms with Gasteiger partial charge in [0.2, 0.25) is 0 Å². The number of hydrogen-bond acceptors (Lipinski definition) is 4. The van der Waals surface area contributed by atoms with Gasteiger partial charge in [-0.1, -0.05) is 6.08 Å². The van der Waals surface area contributed by atoms with E-state index in [1.165, 1.54) is 6.92 Å². The number of carbonyl (C=O) groups is 1. The molecule has 15 heavy (non-hydrogen) atoms. The first kappa shape index (κ1) is 12.4. The molecule has 4 heteroatoms. The number of aliphatic hydroxyl groups excluding tert-OH is 1. The molecule has 0 aromatic carbocycles. The Morgan fingerprint density at radius 3 is 2.67 bits per heavy atom. The maximum absolute atomic E-state index is 11.0. The number of ether oxygens (including phenoxy) is 2. The average molecular weight is 214 g/mol. The van der Waals surface area contributed by atoms with Crippen molar-refractivity contribution in [2.24, 2.45) is 0 Å². The van der Waals surface area contributed by atoms with Gasteiger partial charge in [-0.25, -0.2) is 0 Å². The summed E-state index contributed by atoms with van der Waals surface area (Å²) in [7, 11) is 0. The molecule has 1 fully saturated rings. The molecule has 1 aliphatic heterocycles. The van der Waals surface area contributed by atoms with E-state index in [1.54, 1.807) is 6.08 Å². The van der Waals surface area contributed by atoms with E-state index in [9.17, 15) is 9.90 Å². The van der Waals surface area contributed by atoms with Gasteiger partial charge in [0.1, 0.15) is 6.10 Å². The fraction of sp³-hybridized carbons (Fsp3) is 0.727. The van der Waals surface area contributed by atoms with Crippen LogP contribution in [0.3, 0.4) is 0 Å². The van der Waals surface area contributed by atoms with E-state index in [4.69, 9.17) is 9.47 Å². The van der Waals surface area contributed by atoms with Crippen LogP contribution in [-0.2, 0) is 14.3 Å². The van der Waals surface area contributed by atoms with Crippen LogP contribution in [0.1, 0.15) is 26.2 Å². The summed E-state index contributed by atoms with van der Waals surface area (Å²) in [5, 5.41) is 9.52. The highest BCUT2D eigenvalue weighted by Gasteiger charge is 2.38. The number of Topliss-reactive ketones (excluding diaryl/α,β-unsaturated/α-hetero) is 1. The second-order valence-electron chi connectivity index (χ2n) is 3.77. The Labute approximate surface area is 89.9 Å². The standard InChI is InChI=1S/C11H18O4/c1-3-4-5-11(14-6-7-15-11)8-10(13)9(2)12/h3,10,13H,1,4-8H2,2H3/t10-/m0/s1. The maximum Gasteiger partial charge on any atom is 0.171 e. The Morgan fingerprint density at radius 2 is 2.20 bits per heavy atom. The molecule has 0 unspecified atom stereocenters. The van der Waals surface area contributed by atoms with Gasteiger partial charge in [-0.3, -0.25) is 4.79 Å². The molecular formula is C11H18O4. The predicted molar refractivity (Wildman–Crippen MR) is 55.4 cm³/mol. The van der Waals surface area contributed by atoms with Gasteiger partial charge in [0.05, 0.1) is 13.2 Å². The highest BCUT2D eigenvalue weighted by atomic mass is 16.7. The number of allylic oxidation sites excluding steroid dienone is 1. The van der Waals surface area contributed by atoms with E-state index >= 15 is 0 Å². The van der Waals surface area contributed by atoms with Crippen molar-refractivity contribution < 1.29 is 19.4 Å². The monoisotopic (exact) mass is 214 g/mol. The molecule has 1 rings (SSSR count). The van der Waals surface area contributed by atoms with E-state index in [0.717, 1.165) is 6.42 Å². The molecule has 0 aromatic rings. The van der Waals surface area contributed by atoms with Gasteiger partial charge in [-0.2, -0.15) is 0 Å². The third kappa shape index (κ3) is 3.41. The van der Waals surface area contributed by atoms with Crippen molar-refractivity contribution in [2.75, 3.05) is 13.2 Å². The molecule has 1 saturated heterocycles. The third-order valence-electron chi connectivity index (χ3n) is 2.52.